The zero-order valence-corrected chi connectivity index (χ0v) is 8.84. The smallest absolute Gasteiger partial charge is 0.236 e. The first-order chi connectivity index (χ1) is 7.70. The number of pyridine rings is 2. The second-order valence-electron chi connectivity index (χ2n) is 3.30. The van der Waals surface area contributed by atoms with Crippen LogP contribution in [0, 0.1) is 0 Å². The van der Waals surface area contributed by atoms with Gasteiger partial charge >= 0.3 is 0 Å². The average molecular weight is 216 g/mol. The summed E-state index contributed by atoms with van der Waals surface area (Å²) >= 11 is 0. The predicted octanol–water partition coefficient (Wildman–Crippen LogP) is 1.32. The molecule has 0 radical (unpaired) electrons. The van der Waals surface area contributed by atoms with Crippen molar-refractivity contribution in [1.82, 2.24) is 9.97 Å². The molecule has 2 aromatic heterocycles. The van der Waals surface area contributed by atoms with Crippen molar-refractivity contribution in [3.8, 4) is 17.1 Å². The van der Waals surface area contributed by atoms with Gasteiger partial charge in [0.05, 0.1) is 30.4 Å². The fourth-order valence-electron chi connectivity index (χ4n) is 1.36. The Morgan fingerprint density at radius 3 is 2.50 bits per heavy atom. The van der Waals surface area contributed by atoms with Crippen molar-refractivity contribution in [2.24, 2.45) is 0 Å². The van der Waals surface area contributed by atoms with E-state index in [2.05, 4.69) is 9.97 Å². The molecule has 0 spiro atoms. The van der Waals surface area contributed by atoms with Crippen molar-refractivity contribution in [3.05, 3.63) is 30.6 Å². The van der Waals surface area contributed by atoms with Gasteiger partial charge in [0.15, 0.2) is 0 Å². The lowest BCUT2D eigenvalue weighted by atomic mass is 10.2. The van der Waals surface area contributed by atoms with Crippen molar-refractivity contribution in [2.75, 3.05) is 18.6 Å². The Morgan fingerprint density at radius 1 is 1.12 bits per heavy atom. The summed E-state index contributed by atoms with van der Waals surface area (Å²) in [5.41, 5.74) is 14.0. The Kier molecular flexibility index (Phi) is 2.59. The van der Waals surface area contributed by atoms with E-state index in [9.17, 15) is 0 Å². The van der Waals surface area contributed by atoms with E-state index in [0.29, 0.717) is 17.3 Å². The number of anilines is 2. The van der Waals surface area contributed by atoms with Crippen molar-refractivity contribution >= 4 is 11.4 Å². The van der Waals surface area contributed by atoms with Crippen LogP contribution in [0.3, 0.4) is 0 Å². The van der Waals surface area contributed by atoms with Gasteiger partial charge in [0.1, 0.15) is 0 Å². The van der Waals surface area contributed by atoms with E-state index in [1.165, 1.54) is 7.11 Å². The molecule has 16 heavy (non-hydrogen) atoms. The number of hydrogen-bond acceptors (Lipinski definition) is 5. The van der Waals surface area contributed by atoms with Crippen LogP contribution in [0.1, 0.15) is 0 Å². The molecular formula is C11H12N4O. The SMILES string of the molecule is COc1ncc(-c2ccc(N)cn2)cc1N. The molecule has 0 saturated carbocycles. The van der Waals surface area contributed by atoms with E-state index in [1.54, 1.807) is 24.5 Å². The Bertz CT molecular complexity index is 496. The molecule has 0 aromatic carbocycles. The molecule has 0 aliphatic heterocycles. The minimum Gasteiger partial charge on any atom is -0.480 e. The molecule has 2 heterocycles. The van der Waals surface area contributed by atoms with Crippen LogP contribution in [0.5, 0.6) is 5.88 Å². The maximum atomic E-state index is 5.76. The molecule has 0 bridgehead atoms. The molecule has 5 nitrogen and oxygen atoms in total. The van der Waals surface area contributed by atoms with Gasteiger partial charge in [0, 0.05) is 11.8 Å². The zero-order chi connectivity index (χ0) is 11.5. The number of hydrogen-bond donors (Lipinski definition) is 2. The van der Waals surface area contributed by atoms with Crippen LogP contribution < -0.4 is 16.2 Å². The zero-order valence-electron chi connectivity index (χ0n) is 8.84. The third kappa shape index (κ3) is 1.88. The lowest BCUT2D eigenvalue weighted by molar-refractivity contribution is 0.400. The van der Waals surface area contributed by atoms with E-state index in [1.807, 2.05) is 6.07 Å². The summed E-state index contributed by atoms with van der Waals surface area (Å²) in [6.45, 7) is 0. The molecule has 5 heteroatoms. The standard InChI is InChI=1S/C11H12N4O/c1-16-11-9(13)4-7(5-15-11)10-3-2-8(12)6-14-10/h2-6H,12-13H2,1H3. The number of nitrogens with two attached hydrogens (primary N) is 2. The van der Waals surface area contributed by atoms with Gasteiger partial charge in [-0.1, -0.05) is 0 Å². The molecule has 0 fully saturated rings. The van der Waals surface area contributed by atoms with E-state index in [0.717, 1.165) is 11.3 Å². The molecule has 0 amide bonds. The number of nitrogen functional groups attached to an aromatic ring is 2. The van der Waals surface area contributed by atoms with Gasteiger partial charge in [-0.3, -0.25) is 4.98 Å². The first-order valence-corrected chi connectivity index (χ1v) is 4.72. The molecule has 0 aliphatic rings. The van der Waals surface area contributed by atoms with E-state index in [-0.39, 0.29) is 0 Å². The average Bonchev–Trinajstić information content (AvgIpc) is 2.30. The van der Waals surface area contributed by atoms with Gasteiger partial charge in [0.25, 0.3) is 0 Å². The summed E-state index contributed by atoms with van der Waals surface area (Å²) in [5.74, 6) is 0.416. The van der Waals surface area contributed by atoms with Crippen molar-refractivity contribution < 1.29 is 4.74 Å². The molecule has 4 N–H and O–H groups in total. The molecule has 2 aromatic rings. The van der Waals surface area contributed by atoms with Crippen LogP contribution >= 0.6 is 0 Å². The van der Waals surface area contributed by atoms with Gasteiger partial charge in [-0.2, -0.15) is 0 Å². The Balaban J connectivity index is 2.41. The Morgan fingerprint density at radius 2 is 1.94 bits per heavy atom. The Hall–Kier alpha value is -2.30. The largest absolute Gasteiger partial charge is 0.480 e. The third-order valence-corrected chi connectivity index (χ3v) is 2.15. The highest BCUT2D eigenvalue weighted by molar-refractivity contribution is 5.66. The van der Waals surface area contributed by atoms with Gasteiger partial charge in [-0.25, -0.2) is 4.98 Å². The van der Waals surface area contributed by atoms with Gasteiger partial charge in [-0.05, 0) is 18.2 Å². The van der Waals surface area contributed by atoms with Crippen LogP contribution in [0.15, 0.2) is 30.6 Å². The highest BCUT2D eigenvalue weighted by atomic mass is 16.5. The van der Waals surface area contributed by atoms with Crippen LogP contribution in [-0.2, 0) is 0 Å². The lowest BCUT2D eigenvalue weighted by Crippen LogP contribution is -1.96. The monoisotopic (exact) mass is 216 g/mol. The van der Waals surface area contributed by atoms with Crippen molar-refractivity contribution in [3.63, 3.8) is 0 Å². The third-order valence-electron chi connectivity index (χ3n) is 2.15. The molecule has 82 valence electrons. The normalized spacial score (nSPS) is 10.1. The van der Waals surface area contributed by atoms with E-state index < -0.39 is 0 Å². The van der Waals surface area contributed by atoms with E-state index in [4.69, 9.17) is 16.2 Å². The fraction of sp³-hybridized carbons (Fsp3) is 0.0909. The van der Waals surface area contributed by atoms with Gasteiger partial charge in [0.2, 0.25) is 5.88 Å². The number of nitrogens with zero attached hydrogens (tertiary/aromatic N) is 2. The van der Waals surface area contributed by atoms with Crippen LogP contribution in [0.25, 0.3) is 11.3 Å². The molecule has 2 rings (SSSR count). The number of rotatable bonds is 2. The first-order valence-electron chi connectivity index (χ1n) is 4.72. The number of aromatic nitrogens is 2. The molecular weight excluding hydrogens is 204 g/mol. The molecule has 0 saturated heterocycles. The number of methoxy groups -OCH3 is 1. The second-order valence-corrected chi connectivity index (χ2v) is 3.30. The second kappa shape index (κ2) is 4.06. The highest BCUT2D eigenvalue weighted by Crippen LogP contribution is 2.24. The van der Waals surface area contributed by atoms with E-state index >= 15 is 0 Å². The summed E-state index contributed by atoms with van der Waals surface area (Å²) in [6.07, 6.45) is 3.25. The minimum absolute atomic E-state index is 0.416. The van der Waals surface area contributed by atoms with Gasteiger partial charge in [-0.15, -0.1) is 0 Å². The predicted molar refractivity (Wildman–Crippen MR) is 62.8 cm³/mol. The van der Waals surface area contributed by atoms with Crippen LogP contribution in [0.4, 0.5) is 11.4 Å². The fourth-order valence-corrected chi connectivity index (χ4v) is 1.36. The highest BCUT2D eigenvalue weighted by Gasteiger charge is 2.04. The summed E-state index contributed by atoms with van der Waals surface area (Å²) in [7, 11) is 1.53. The summed E-state index contributed by atoms with van der Waals surface area (Å²) in [4.78, 5) is 8.26. The molecule has 0 unspecified atom stereocenters. The summed E-state index contributed by atoms with van der Waals surface area (Å²) in [5, 5.41) is 0. The summed E-state index contributed by atoms with van der Waals surface area (Å²) in [6, 6.07) is 5.37. The lowest BCUT2D eigenvalue weighted by Gasteiger charge is -2.05. The molecule has 0 aliphatic carbocycles. The first kappa shape index (κ1) is 10.2. The maximum absolute atomic E-state index is 5.76. The number of ether oxygens (including phenoxy) is 1. The Labute approximate surface area is 93.1 Å². The summed E-state index contributed by atoms with van der Waals surface area (Å²) < 4.78 is 4.98. The van der Waals surface area contributed by atoms with Gasteiger partial charge < -0.3 is 16.2 Å². The molecule has 0 atom stereocenters. The van der Waals surface area contributed by atoms with Crippen molar-refractivity contribution in [2.45, 2.75) is 0 Å². The van der Waals surface area contributed by atoms with Crippen LogP contribution in [-0.4, -0.2) is 17.1 Å². The van der Waals surface area contributed by atoms with Crippen LogP contribution in [0.2, 0.25) is 0 Å². The van der Waals surface area contributed by atoms with Crippen molar-refractivity contribution in [1.29, 1.82) is 0 Å². The quantitative estimate of drug-likeness (QED) is 0.790. The minimum atomic E-state index is 0.416. The topological polar surface area (TPSA) is 87.0 Å². The maximum Gasteiger partial charge on any atom is 0.236 e.